The minimum Gasteiger partial charge on any atom is -0.507 e. The van der Waals surface area contributed by atoms with E-state index in [1.807, 2.05) is 31.2 Å². The van der Waals surface area contributed by atoms with Crippen molar-refractivity contribution in [2.45, 2.75) is 39.2 Å². The van der Waals surface area contributed by atoms with Gasteiger partial charge in [0.15, 0.2) is 5.13 Å². The highest BCUT2D eigenvalue weighted by Crippen LogP contribution is 2.44. The van der Waals surface area contributed by atoms with E-state index in [1.165, 1.54) is 23.1 Å². The van der Waals surface area contributed by atoms with Gasteiger partial charge in [-0.25, -0.2) is 9.37 Å². The Labute approximate surface area is 224 Å². The second-order valence-corrected chi connectivity index (χ2v) is 11.1. The normalized spacial score (nSPS) is 17.4. The lowest BCUT2D eigenvalue weighted by Gasteiger charge is -2.24. The highest BCUT2D eigenvalue weighted by molar-refractivity contribution is 7.22. The van der Waals surface area contributed by atoms with Crippen molar-refractivity contribution in [2.24, 2.45) is 0 Å². The van der Waals surface area contributed by atoms with Crippen LogP contribution in [0.5, 0.6) is 5.75 Å². The fraction of sp³-hybridized carbons (Fsp3) is 0.233. The lowest BCUT2D eigenvalue weighted by Crippen LogP contribution is -2.29. The maximum absolute atomic E-state index is 13.9. The molecule has 1 aliphatic rings. The summed E-state index contributed by atoms with van der Waals surface area (Å²) in [5.74, 6) is -1.82. The minimum atomic E-state index is -0.926. The number of hydrogen-bond acceptors (Lipinski definition) is 6. The Kier molecular flexibility index (Phi) is 6.53. The second kappa shape index (κ2) is 9.68. The van der Waals surface area contributed by atoms with Gasteiger partial charge in [0, 0.05) is 5.56 Å². The number of ether oxygens (including phenoxy) is 1. The van der Waals surface area contributed by atoms with Crippen molar-refractivity contribution in [3.8, 4) is 5.75 Å². The van der Waals surface area contributed by atoms with E-state index in [9.17, 15) is 19.1 Å². The van der Waals surface area contributed by atoms with E-state index < -0.39 is 23.5 Å². The van der Waals surface area contributed by atoms with Crippen LogP contribution < -0.4 is 9.64 Å². The third-order valence-corrected chi connectivity index (χ3v) is 7.52. The van der Waals surface area contributed by atoms with Gasteiger partial charge in [-0.3, -0.25) is 14.5 Å². The van der Waals surface area contributed by atoms with Crippen LogP contribution in [0.2, 0.25) is 0 Å². The van der Waals surface area contributed by atoms with Crippen LogP contribution in [-0.4, -0.2) is 28.4 Å². The molecule has 0 bridgehead atoms. The van der Waals surface area contributed by atoms with E-state index in [-0.39, 0.29) is 21.9 Å². The standard InChI is InChI=1S/C30H27FN2O4S/c1-5-37-21-8-6-7-18(15-21)26(34)24-25(17-9-11-19(12-10-17)30(2,3)4)33(28(36)27(24)35)29-32-22-14-13-20(31)16-23(22)38-29/h6-16,25,34H,5H2,1-4H3/b26-24+. The molecule has 1 N–H and O–H groups in total. The molecular formula is C30H27FN2O4S. The minimum absolute atomic E-state index is 0.0439. The number of carbonyl (C=O) groups is 2. The van der Waals surface area contributed by atoms with E-state index in [1.54, 1.807) is 24.3 Å². The van der Waals surface area contributed by atoms with Gasteiger partial charge in [-0.15, -0.1) is 0 Å². The third-order valence-electron chi connectivity index (χ3n) is 6.50. The van der Waals surface area contributed by atoms with Crippen molar-refractivity contribution in [3.05, 3.63) is 94.8 Å². The Hall–Kier alpha value is -4.04. The van der Waals surface area contributed by atoms with Crippen molar-refractivity contribution < 1.29 is 23.8 Å². The van der Waals surface area contributed by atoms with Gasteiger partial charge in [-0.1, -0.05) is 68.5 Å². The fourth-order valence-electron chi connectivity index (χ4n) is 4.56. The Morgan fingerprint density at radius 3 is 2.50 bits per heavy atom. The first-order valence-corrected chi connectivity index (χ1v) is 13.1. The van der Waals surface area contributed by atoms with Crippen molar-refractivity contribution in [2.75, 3.05) is 11.5 Å². The number of hydrogen-bond donors (Lipinski definition) is 1. The highest BCUT2D eigenvalue weighted by atomic mass is 32.1. The Balaban J connectivity index is 1.70. The highest BCUT2D eigenvalue weighted by Gasteiger charge is 2.48. The Bertz CT molecular complexity index is 1580. The molecular weight excluding hydrogens is 503 g/mol. The quantitative estimate of drug-likeness (QED) is 0.175. The topological polar surface area (TPSA) is 79.7 Å². The molecule has 1 saturated heterocycles. The molecule has 38 heavy (non-hydrogen) atoms. The molecule has 1 unspecified atom stereocenters. The fourth-order valence-corrected chi connectivity index (χ4v) is 5.57. The van der Waals surface area contributed by atoms with E-state index in [0.29, 0.717) is 33.7 Å². The molecule has 1 aromatic heterocycles. The number of nitrogens with zero attached hydrogens (tertiary/aromatic N) is 2. The maximum Gasteiger partial charge on any atom is 0.301 e. The van der Waals surface area contributed by atoms with Crippen LogP contribution in [0.15, 0.2) is 72.3 Å². The Morgan fingerprint density at radius 2 is 1.82 bits per heavy atom. The maximum atomic E-state index is 13.9. The first kappa shape index (κ1) is 25.6. The molecule has 2 heterocycles. The van der Waals surface area contributed by atoms with Crippen LogP contribution in [-0.2, 0) is 15.0 Å². The molecule has 1 fully saturated rings. The number of aliphatic hydroxyl groups is 1. The number of aromatic nitrogens is 1. The molecule has 0 radical (unpaired) electrons. The zero-order valence-corrected chi connectivity index (χ0v) is 22.3. The van der Waals surface area contributed by atoms with Crippen molar-refractivity contribution in [3.63, 3.8) is 0 Å². The SMILES string of the molecule is CCOc1cccc(/C(O)=C2\C(=O)C(=O)N(c3nc4ccc(F)cc4s3)C2c2ccc(C(C)(C)C)cc2)c1. The Morgan fingerprint density at radius 1 is 1.08 bits per heavy atom. The largest absolute Gasteiger partial charge is 0.507 e. The van der Waals surface area contributed by atoms with Gasteiger partial charge in [0.2, 0.25) is 0 Å². The summed E-state index contributed by atoms with van der Waals surface area (Å²) in [6.45, 7) is 8.58. The first-order valence-electron chi connectivity index (χ1n) is 12.3. The lowest BCUT2D eigenvalue weighted by atomic mass is 9.85. The van der Waals surface area contributed by atoms with Crippen LogP contribution in [0.25, 0.3) is 16.0 Å². The van der Waals surface area contributed by atoms with Gasteiger partial charge < -0.3 is 9.84 Å². The molecule has 8 heteroatoms. The number of Topliss-reactive ketones (excluding diaryl/α,β-unsaturated/α-hetero) is 1. The molecule has 0 saturated carbocycles. The number of fused-ring (bicyclic) bond motifs is 1. The van der Waals surface area contributed by atoms with Gasteiger partial charge in [0.1, 0.15) is 17.3 Å². The molecule has 0 spiro atoms. The van der Waals surface area contributed by atoms with Gasteiger partial charge in [0.05, 0.1) is 28.4 Å². The molecule has 0 aliphatic carbocycles. The van der Waals surface area contributed by atoms with E-state index in [4.69, 9.17) is 4.74 Å². The summed E-state index contributed by atoms with van der Waals surface area (Å²) in [4.78, 5) is 32.8. The zero-order valence-electron chi connectivity index (χ0n) is 21.5. The number of ketones is 1. The molecule has 5 rings (SSSR count). The summed E-state index contributed by atoms with van der Waals surface area (Å²) in [7, 11) is 0. The molecule has 194 valence electrons. The van der Waals surface area contributed by atoms with Crippen LogP contribution in [0.3, 0.4) is 0 Å². The number of amides is 1. The zero-order chi connectivity index (χ0) is 27.2. The number of anilines is 1. The van der Waals surface area contributed by atoms with Crippen LogP contribution >= 0.6 is 11.3 Å². The summed E-state index contributed by atoms with van der Waals surface area (Å²) >= 11 is 1.12. The molecule has 6 nitrogen and oxygen atoms in total. The van der Waals surface area contributed by atoms with Gasteiger partial charge in [-0.2, -0.15) is 0 Å². The number of carbonyl (C=O) groups excluding carboxylic acids is 2. The molecule has 1 atom stereocenters. The number of rotatable bonds is 5. The summed E-state index contributed by atoms with van der Waals surface area (Å²) in [6.07, 6.45) is 0. The van der Waals surface area contributed by atoms with Gasteiger partial charge in [0.25, 0.3) is 5.78 Å². The summed E-state index contributed by atoms with van der Waals surface area (Å²) < 4.78 is 20.0. The second-order valence-electron chi connectivity index (χ2n) is 10.1. The van der Waals surface area contributed by atoms with Crippen molar-refractivity contribution in [1.29, 1.82) is 0 Å². The molecule has 3 aromatic carbocycles. The number of aliphatic hydroxyl groups excluding tert-OH is 1. The first-order chi connectivity index (χ1) is 18.1. The van der Waals surface area contributed by atoms with Crippen molar-refractivity contribution in [1.82, 2.24) is 4.98 Å². The van der Waals surface area contributed by atoms with E-state index in [2.05, 4.69) is 25.8 Å². The smallest absolute Gasteiger partial charge is 0.301 e. The predicted octanol–water partition coefficient (Wildman–Crippen LogP) is 6.76. The van der Waals surface area contributed by atoms with Crippen LogP contribution in [0, 0.1) is 5.82 Å². The molecule has 4 aromatic rings. The number of halogens is 1. The predicted molar refractivity (Wildman–Crippen MR) is 147 cm³/mol. The number of thiazole rings is 1. The van der Waals surface area contributed by atoms with Crippen LogP contribution in [0.4, 0.5) is 9.52 Å². The molecule has 1 amide bonds. The molecule has 1 aliphatic heterocycles. The van der Waals surface area contributed by atoms with E-state index in [0.717, 1.165) is 16.9 Å². The van der Waals surface area contributed by atoms with Crippen molar-refractivity contribution >= 4 is 44.1 Å². The van der Waals surface area contributed by atoms with Crippen LogP contribution in [0.1, 0.15) is 50.4 Å². The summed E-state index contributed by atoms with van der Waals surface area (Å²) in [5.41, 5.74) is 2.45. The van der Waals surface area contributed by atoms with Gasteiger partial charge >= 0.3 is 5.91 Å². The number of benzene rings is 3. The average molecular weight is 531 g/mol. The summed E-state index contributed by atoms with van der Waals surface area (Å²) in [6, 6.07) is 17.6. The monoisotopic (exact) mass is 530 g/mol. The third kappa shape index (κ3) is 4.56. The average Bonchev–Trinajstić information content (AvgIpc) is 3.41. The van der Waals surface area contributed by atoms with Gasteiger partial charge in [-0.05, 0) is 53.8 Å². The summed E-state index contributed by atoms with van der Waals surface area (Å²) in [5, 5.41) is 11.7. The van der Waals surface area contributed by atoms with E-state index >= 15 is 0 Å². The lowest BCUT2D eigenvalue weighted by molar-refractivity contribution is -0.132.